The zero-order valence-corrected chi connectivity index (χ0v) is 13.0. The van der Waals surface area contributed by atoms with Crippen LogP contribution in [0.2, 0.25) is 0 Å². The Morgan fingerprint density at radius 1 is 1.43 bits per heavy atom. The van der Waals surface area contributed by atoms with E-state index in [1.165, 1.54) is 4.90 Å². The second-order valence-corrected chi connectivity index (χ2v) is 5.28. The average Bonchev–Trinajstić information content (AvgIpc) is 2.89. The Kier molecular flexibility index (Phi) is 4.62. The molecule has 0 aromatic carbocycles. The van der Waals surface area contributed by atoms with E-state index in [0.717, 1.165) is 5.82 Å². The van der Waals surface area contributed by atoms with Crippen molar-refractivity contribution in [2.45, 2.75) is 26.4 Å². The topological polar surface area (TPSA) is 67.7 Å². The molecular weight excluding hydrogens is 272 g/mol. The minimum atomic E-state index is -0.157. The van der Waals surface area contributed by atoms with Crippen LogP contribution in [0.5, 0.6) is 0 Å². The van der Waals surface area contributed by atoms with Crippen molar-refractivity contribution >= 4 is 11.8 Å². The van der Waals surface area contributed by atoms with Gasteiger partial charge in [0.15, 0.2) is 0 Å². The first-order valence-corrected chi connectivity index (χ1v) is 7.11. The Balaban J connectivity index is 2.17. The lowest BCUT2D eigenvalue weighted by molar-refractivity contribution is -0.139. The average molecular weight is 294 g/mol. The van der Waals surface area contributed by atoms with Crippen LogP contribution >= 0.6 is 0 Å². The number of ether oxygens (including phenoxy) is 1. The quantitative estimate of drug-likeness (QED) is 0.812. The number of imidazole rings is 1. The molecule has 2 amide bonds. The maximum absolute atomic E-state index is 12.1. The molecule has 0 spiro atoms. The summed E-state index contributed by atoms with van der Waals surface area (Å²) in [6.07, 6.45) is 1.76. The van der Waals surface area contributed by atoms with Crippen molar-refractivity contribution in [3.05, 3.63) is 17.7 Å². The van der Waals surface area contributed by atoms with Crippen LogP contribution in [0.1, 0.15) is 36.2 Å². The van der Waals surface area contributed by atoms with E-state index in [-0.39, 0.29) is 24.5 Å². The minimum Gasteiger partial charge on any atom is -0.372 e. The molecule has 7 heteroatoms. The summed E-state index contributed by atoms with van der Waals surface area (Å²) in [4.78, 5) is 31.7. The van der Waals surface area contributed by atoms with Gasteiger partial charge in [-0.25, -0.2) is 4.98 Å². The lowest BCUT2D eigenvalue weighted by Gasteiger charge is -2.33. The largest absolute Gasteiger partial charge is 0.372 e. The molecule has 0 aliphatic carbocycles. The van der Waals surface area contributed by atoms with Gasteiger partial charge >= 0.3 is 0 Å². The number of rotatable bonds is 4. The monoisotopic (exact) mass is 294 g/mol. The smallest absolute Gasteiger partial charge is 0.273 e. The van der Waals surface area contributed by atoms with Crippen molar-refractivity contribution in [2.75, 3.05) is 33.9 Å². The normalized spacial score (nSPS) is 17.5. The highest BCUT2D eigenvalue weighted by Crippen LogP contribution is 2.24. The van der Waals surface area contributed by atoms with Crippen LogP contribution in [-0.2, 0) is 16.1 Å². The van der Waals surface area contributed by atoms with E-state index in [2.05, 4.69) is 4.98 Å². The molecule has 1 aliphatic rings. The molecule has 0 unspecified atom stereocenters. The Hall–Kier alpha value is -1.89. The minimum absolute atomic E-state index is 0.0425. The zero-order valence-electron chi connectivity index (χ0n) is 13.0. The molecule has 1 aromatic heterocycles. The highest BCUT2D eigenvalue weighted by atomic mass is 16.5. The third-order valence-electron chi connectivity index (χ3n) is 3.61. The Morgan fingerprint density at radius 2 is 2.14 bits per heavy atom. The first kappa shape index (κ1) is 15.5. The molecule has 0 fully saturated rings. The summed E-state index contributed by atoms with van der Waals surface area (Å²) in [5.74, 6) is 0.576. The van der Waals surface area contributed by atoms with Gasteiger partial charge in [0, 0.05) is 40.0 Å². The molecule has 116 valence electrons. The second kappa shape index (κ2) is 6.26. The van der Waals surface area contributed by atoms with Crippen molar-refractivity contribution in [2.24, 2.45) is 0 Å². The summed E-state index contributed by atoms with van der Waals surface area (Å²) in [5, 5.41) is 0. The lowest BCUT2D eigenvalue weighted by Crippen LogP contribution is -2.42. The van der Waals surface area contributed by atoms with Crippen LogP contribution in [-0.4, -0.2) is 65.0 Å². The molecule has 1 aromatic rings. The lowest BCUT2D eigenvalue weighted by atomic mass is 10.2. The van der Waals surface area contributed by atoms with E-state index in [1.54, 1.807) is 25.2 Å². The highest BCUT2D eigenvalue weighted by Gasteiger charge is 2.30. The van der Waals surface area contributed by atoms with Crippen LogP contribution in [0.3, 0.4) is 0 Å². The van der Waals surface area contributed by atoms with Gasteiger partial charge in [0.1, 0.15) is 18.1 Å². The molecule has 1 aliphatic heterocycles. The Bertz CT molecular complexity index is 538. The third kappa shape index (κ3) is 3.07. The van der Waals surface area contributed by atoms with Gasteiger partial charge in [-0.15, -0.1) is 0 Å². The molecular formula is C14H22N4O3. The van der Waals surface area contributed by atoms with Crippen molar-refractivity contribution in [1.29, 1.82) is 0 Å². The van der Waals surface area contributed by atoms with Crippen LogP contribution in [0, 0.1) is 0 Å². The van der Waals surface area contributed by atoms with Gasteiger partial charge in [0.2, 0.25) is 5.91 Å². The molecule has 0 saturated carbocycles. The fraction of sp³-hybridized carbons (Fsp3) is 0.643. The van der Waals surface area contributed by atoms with Gasteiger partial charge in [0.05, 0.1) is 6.04 Å². The number of fused-ring (bicyclic) bond motifs is 1. The van der Waals surface area contributed by atoms with Gasteiger partial charge in [-0.3, -0.25) is 9.59 Å². The predicted octanol–water partition coefficient (Wildman–Crippen LogP) is 0.525. The van der Waals surface area contributed by atoms with E-state index in [1.807, 2.05) is 18.4 Å². The van der Waals surface area contributed by atoms with E-state index < -0.39 is 0 Å². The molecule has 1 atom stereocenters. The fourth-order valence-corrected chi connectivity index (χ4v) is 2.44. The van der Waals surface area contributed by atoms with E-state index in [9.17, 15) is 9.59 Å². The van der Waals surface area contributed by atoms with Gasteiger partial charge in [0.25, 0.3) is 5.91 Å². The van der Waals surface area contributed by atoms with Gasteiger partial charge in [-0.2, -0.15) is 0 Å². The number of carbonyl (C=O) groups excluding carboxylic acids is 2. The maximum Gasteiger partial charge on any atom is 0.273 e. The van der Waals surface area contributed by atoms with Crippen molar-refractivity contribution in [3.63, 3.8) is 0 Å². The van der Waals surface area contributed by atoms with E-state index >= 15 is 0 Å². The molecule has 21 heavy (non-hydrogen) atoms. The van der Waals surface area contributed by atoms with Crippen LogP contribution < -0.4 is 0 Å². The first-order valence-electron chi connectivity index (χ1n) is 7.11. The first-order chi connectivity index (χ1) is 9.95. The van der Waals surface area contributed by atoms with Crippen molar-refractivity contribution in [1.82, 2.24) is 19.4 Å². The van der Waals surface area contributed by atoms with Gasteiger partial charge in [-0.05, 0) is 13.8 Å². The fourth-order valence-electron chi connectivity index (χ4n) is 2.44. The number of hydrogen-bond acceptors (Lipinski definition) is 4. The summed E-state index contributed by atoms with van der Waals surface area (Å²) < 4.78 is 7.13. The molecule has 7 nitrogen and oxygen atoms in total. The second-order valence-electron chi connectivity index (χ2n) is 5.28. The van der Waals surface area contributed by atoms with E-state index in [4.69, 9.17) is 4.74 Å². The number of hydrogen-bond donors (Lipinski definition) is 0. The molecule has 0 saturated heterocycles. The summed E-state index contributed by atoms with van der Waals surface area (Å²) >= 11 is 0. The summed E-state index contributed by atoms with van der Waals surface area (Å²) in [5.41, 5.74) is 0.418. The van der Waals surface area contributed by atoms with Crippen LogP contribution in [0.15, 0.2) is 6.20 Å². The summed E-state index contributed by atoms with van der Waals surface area (Å²) in [6, 6.07) is -0.157. The van der Waals surface area contributed by atoms with Gasteiger partial charge in [-0.1, -0.05) is 0 Å². The highest BCUT2D eigenvalue weighted by molar-refractivity contribution is 5.91. The maximum atomic E-state index is 12.1. The number of amides is 2. The number of aromatic nitrogens is 2. The van der Waals surface area contributed by atoms with Crippen molar-refractivity contribution in [3.8, 4) is 0 Å². The Morgan fingerprint density at radius 3 is 2.76 bits per heavy atom. The van der Waals surface area contributed by atoms with Crippen molar-refractivity contribution < 1.29 is 14.3 Å². The van der Waals surface area contributed by atoms with E-state index in [0.29, 0.717) is 25.4 Å². The molecule has 2 rings (SSSR count). The van der Waals surface area contributed by atoms with Crippen LogP contribution in [0.4, 0.5) is 0 Å². The number of carbonyl (C=O) groups is 2. The van der Waals surface area contributed by atoms with Crippen LogP contribution in [0.25, 0.3) is 0 Å². The van der Waals surface area contributed by atoms with Gasteiger partial charge < -0.3 is 19.1 Å². The predicted molar refractivity (Wildman–Crippen MR) is 76.9 cm³/mol. The molecule has 2 heterocycles. The summed E-state index contributed by atoms with van der Waals surface area (Å²) in [7, 11) is 3.39. The SMILES string of the molecule is CCOCC(=O)N1CCn2cc(C(=O)N(C)C)nc2[C@H]1C. The molecule has 0 N–H and O–H groups in total. The number of nitrogens with zero attached hydrogens (tertiary/aromatic N) is 4. The molecule has 0 radical (unpaired) electrons. The Labute approximate surface area is 124 Å². The summed E-state index contributed by atoms with van der Waals surface area (Å²) in [6.45, 7) is 5.64. The zero-order chi connectivity index (χ0) is 15.6. The third-order valence-corrected chi connectivity index (χ3v) is 3.61. The molecule has 0 bridgehead atoms. The standard InChI is InChI=1S/C14H22N4O3/c1-5-21-9-12(19)18-7-6-17-8-11(14(20)16(3)4)15-13(17)10(18)2/h8,10H,5-7,9H2,1-4H3/t10-/m1/s1.